The smallest absolute Gasteiger partial charge is 0.111 e. The van der Waals surface area contributed by atoms with Gasteiger partial charge < -0.3 is 0 Å². The van der Waals surface area contributed by atoms with Crippen LogP contribution in [0.25, 0.3) is 10.9 Å². The fraction of sp³-hybridized carbons (Fsp3) is 0.286. The highest BCUT2D eigenvalue weighted by Gasteiger charge is 2.19. The van der Waals surface area contributed by atoms with Crippen molar-refractivity contribution >= 4 is 26.8 Å². The van der Waals surface area contributed by atoms with Crippen molar-refractivity contribution in [2.45, 2.75) is 19.8 Å². The second-order valence-electron chi connectivity index (χ2n) is 4.41. The Morgan fingerprint density at radius 1 is 1.29 bits per heavy atom. The molecule has 0 saturated carbocycles. The first-order chi connectivity index (χ1) is 8.13. The lowest BCUT2D eigenvalue weighted by Crippen LogP contribution is -2.06. The zero-order valence-electron chi connectivity index (χ0n) is 9.81. The Morgan fingerprint density at radius 2 is 2.00 bits per heavy atom. The first-order valence-electron chi connectivity index (χ1n) is 5.58. The maximum atomic E-state index is 9.25. The lowest BCUT2D eigenvalue weighted by molar-refractivity contribution is 0.584. The van der Waals surface area contributed by atoms with Crippen LogP contribution in [0.4, 0.5) is 0 Å². The molecule has 1 unspecified atom stereocenters. The van der Waals surface area contributed by atoms with E-state index in [0.29, 0.717) is 0 Å². The molecule has 0 saturated heterocycles. The minimum atomic E-state index is -0.124. The van der Waals surface area contributed by atoms with Crippen LogP contribution in [0.15, 0.2) is 34.9 Å². The van der Waals surface area contributed by atoms with E-state index in [-0.39, 0.29) is 11.8 Å². The van der Waals surface area contributed by atoms with E-state index in [4.69, 9.17) is 0 Å². The van der Waals surface area contributed by atoms with Gasteiger partial charge in [-0.25, -0.2) is 4.98 Å². The third-order valence-corrected chi connectivity index (χ3v) is 3.48. The van der Waals surface area contributed by atoms with Gasteiger partial charge in [-0.15, -0.1) is 0 Å². The highest BCUT2D eigenvalue weighted by Crippen LogP contribution is 2.31. The van der Waals surface area contributed by atoms with Crippen LogP contribution in [0.5, 0.6) is 0 Å². The Morgan fingerprint density at radius 3 is 2.65 bits per heavy atom. The van der Waals surface area contributed by atoms with E-state index in [9.17, 15) is 5.26 Å². The van der Waals surface area contributed by atoms with Crippen LogP contribution in [0.2, 0.25) is 0 Å². The van der Waals surface area contributed by atoms with E-state index in [2.05, 4.69) is 46.9 Å². The number of aromatic nitrogens is 1. The number of nitriles is 1. The molecule has 0 amide bonds. The molecule has 0 bridgehead atoms. The number of halogens is 1. The second kappa shape index (κ2) is 4.85. The van der Waals surface area contributed by atoms with Gasteiger partial charge in [0, 0.05) is 10.9 Å². The maximum Gasteiger partial charge on any atom is 0.111 e. The van der Waals surface area contributed by atoms with E-state index in [1.165, 1.54) is 0 Å². The van der Waals surface area contributed by atoms with Gasteiger partial charge in [0.25, 0.3) is 0 Å². The minimum absolute atomic E-state index is 0.124. The molecule has 0 aliphatic heterocycles. The maximum absolute atomic E-state index is 9.25. The summed E-state index contributed by atoms with van der Waals surface area (Å²) in [6.07, 6.45) is 0. The van der Waals surface area contributed by atoms with Crippen molar-refractivity contribution in [3.05, 3.63) is 40.5 Å². The zero-order valence-corrected chi connectivity index (χ0v) is 11.4. The van der Waals surface area contributed by atoms with Crippen LogP contribution >= 0.6 is 15.9 Å². The number of fused-ring (bicyclic) bond motifs is 1. The van der Waals surface area contributed by atoms with Crippen LogP contribution in [-0.2, 0) is 0 Å². The quantitative estimate of drug-likeness (QED) is 0.774. The average molecular weight is 289 g/mol. The van der Waals surface area contributed by atoms with Gasteiger partial charge in [0.05, 0.1) is 17.5 Å². The molecule has 0 spiro atoms. The lowest BCUT2D eigenvalue weighted by Gasteiger charge is -2.15. The highest BCUT2D eigenvalue weighted by atomic mass is 79.9. The molecular formula is C14H13BrN2. The van der Waals surface area contributed by atoms with Crippen molar-refractivity contribution in [1.29, 1.82) is 5.26 Å². The van der Waals surface area contributed by atoms with Gasteiger partial charge in [0.15, 0.2) is 0 Å². The molecule has 3 heteroatoms. The molecule has 1 aromatic heterocycles. The summed E-state index contributed by atoms with van der Waals surface area (Å²) in [4.78, 5) is 4.49. The zero-order chi connectivity index (χ0) is 12.4. The average Bonchev–Trinajstić information content (AvgIpc) is 2.30. The largest absolute Gasteiger partial charge is 0.241 e. The summed E-state index contributed by atoms with van der Waals surface area (Å²) in [5, 5.41) is 10.3. The van der Waals surface area contributed by atoms with Gasteiger partial charge in [0.1, 0.15) is 4.60 Å². The summed E-state index contributed by atoms with van der Waals surface area (Å²) in [6.45, 7) is 4.10. The molecule has 0 radical (unpaired) electrons. The minimum Gasteiger partial charge on any atom is -0.241 e. The molecule has 1 heterocycles. The Bertz CT molecular complexity index is 584. The summed E-state index contributed by atoms with van der Waals surface area (Å²) in [6, 6.07) is 12.4. The first-order valence-corrected chi connectivity index (χ1v) is 6.37. The summed E-state index contributed by atoms with van der Waals surface area (Å²) in [7, 11) is 0. The summed E-state index contributed by atoms with van der Waals surface area (Å²) in [5.74, 6) is 0.153. The Labute approximate surface area is 109 Å². The molecule has 2 nitrogen and oxygen atoms in total. The third-order valence-electron chi connectivity index (χ3n) is 2.85. The SMILES string of the molecule is CC(C)C(C#N)c1cc2ccccc2nc1Br. The molecule has 0 aliphatic rings. The summed E-state index contributed by atoms with van der Waals surface area (Å²) >= 11 is 3.46. The van der Waals surface area contributed by atoms with Crippen LogP contribution in [0, 0.1) is 17.2 Å². The number of rotatable bonds is 2. The fourth-order valence-electron chi connectivity index (χ4n) is 1.90. The number of hydrogen-bond donors (Lipinski definition) is 0. The van der Waals surface area contributed by atoms with Crippen molar-refractivity contribution in [2.75, 3.05) is 0 Å². The monoisotopic (exact) mass is 288 g/mol. The van der Waals surface area contributed by atoms with Crippen molar-refractivity contribution < 1.29 is 0 Å². The van der Waals surface area contributed by atoms with Crippen LogP contribution in [0.3, 0.4) is 0 Å². The lowest BCUT2D eigenvalue weighted by atomic mass is 9.90. The van der Waals surface area contributed by atoms with Crippen molar-refractivity contribution in [3.63, 3.8) is 0 Å². The van der Waals surface area contributed by atoms with E-state index >= 15 is 0 Å². The fourth-order valence-corrected chi connectivity index (χ4v) is 2.46. The number of para-hydroxylation sites is 1. The topological polar surface area (TPSA) is 36.7 Å². The Hall–Kier alpha value is -1.40. The molecule has 0 N–H and O–H groups in total. The second-order valence-corrected chi connectivity index (χ2v) is 5.16. The number of pyridine rings is 1. The molecule has 86 valence electrons. The standard InChI is InChI=1S/C14H13BrN2/c1-9(2)12(8-16)11-7-10-5-3-4-6-13(10)17-14(11)15/h3-7,9,12H,1-2H3. The molecule has 0 aliphatic carbocycles. The first kappa shape index (κ1) is 12.1. The van der Waals surface area contributed by atoms with Crippen molar-refractivity contribution in [1.82, 2.24) is 4.98 Å². The summed E-state index contributed by atoms with van der Waals surface area (Å²) < 4.78 is 0.774. The number of nitrogens with zero attached hydrogens (tertiary/aromatic N) is 2. The molecule has 1 atom stereocenters. The normalized spacial score (nSPS) is 12.6. The van der Waals surface area contributed by atoms with Gasteiger partial charge in [-0.05, 0) is 34.0 Å². The van der Waals surface area contributed by atoms with Crippen molar-refractivity contribution in [3.8, 4) is 6.07 Å². The molecular weight excluding hydrogens is 276 g/mol. The predicted molar refractivity (Wildman–Crippen MR) is 72.6 cm³/mol. The Kier molecular flexibility index (Phi) is 3.44. The molecule has 0 fully saturated rings. The molecule has 2 rings (SSSR count). The van der Waals surface area contributed by atoms with Crippen LogP contribution < -0.4 is 0 Å². The number of benzene rings is 1. The van der Waals surface area contributed by atoms with Gasteiger partial charge >= 0.3 is 0 Å². The van der Waals surface area contributed by atoms with E-state index in [1.54, 1.807) is 0 Å². The van der Waals surface area contributed by atoms with E-state index in [0.717, 1.165) is 21.1 Å². The molecule has 1 aromatic carbocycles. The predicted octanol–water partition coefficient (Wildman–Crippen LogP) is 4.26. The van der Waals surface area contributed by atoms with Gasteiger partial charge in [-0.2, -0.15) is 5.26 Å². The van der Waals surface area contributed by atoms with Gasteiger partial charge in [-0.1, -0.05) is 32.0 Å². The van der Waals surface area contributed by atoms with Crippen molar-refractivity contribution in [2.24, 2.45) is 5.92 Å². The van der Waals surface area contributed by atoms with Crippen LogP contribution in [0.1, 0.15) is 25.3 Å². The van der Waals surface area contributed by atoms with E-state index < -0.39 is 0 Å². The number of hydrogen-bond acceptors (Lipinski definition) is 2. The van der Waals surface area contributed by atoms with Gasteiger partial charge in [0.2, 0.25) is 0 Å². The molecule has 2 aromatic rings. The van der Waals surface area contributed by atoms with E-state index in [1.807, 2.05) is 24.3 Å². The van der Waals surface area contributed by atoms with Gasteiger partial charge in [-0.3, -0.25) is 0 Å². The summed E-state index contributed by atoms with van der Waals surface area (Å²) in [5.41, 5.74) is 1.92. The van der Waals surface area contributed by atoms with Crippen LogP contribution in [-0.4, -0.2) is 4.98 Å². The third kappa shape index (κ3) is 2.32. The highest BCUT2D eigenvalue weighted by molar-refractivity contribution is 9.10. The Balaban J connectivity index is 2.62. The molecule has 17 heavy (non-hydrogen) atoms.